The van der Waals surface area contributed by atoms with Gasteiger partial charge in [-0.2, -0.15) is 0 Å². The highest BCUT2D eigenvalue weighted by Crippen LogP contribution is 2.27. The van der Waals surface area contributed by atoms with E-state index in [1.165, 1.54) is 22.3 Å². The van der Waals surface area contributed by atoms with E-state index in [0.29, 0.717) is 0 Å². The van der Waals surface area contributed by atoms with Crippen LogP contribution in [0.15, 0.2) is 42.5 Å². The molecule has 0 saturated heterocycles. The van der Waals surface area contributed by atoms with Crippen molar-refractivity contribution in [1.29, 1.82) is 0 Å². The topological polar surface area (TPSA) is 12.0 Å². The molecule has 0 saturated carbocycles. The first kappa shape index (κ1) is 14.0. The van der Waals surface area contributed by atoms with Crippen LogP contribution in [0, 0.1) is 0 Å². The van der Waals surface area contributed by atoms with Gasteiger partial charge in [-0.25, -0.2) is 0 Å². The average Bonchev–Trinajstić information content (AvgIpc) is 2.47. The minimum absolute atomic E-state index is 0.972. The van der Waals surface area contributed by atoms with Crippen LogP contribution in [0.1, 0.15) is 36.1 Å². The smallest absolute Gasteiger partial charge is 0.0526 e. The number of halogens is 1. The molecule has 0 amide bonds. The van der Waals surface area contributed by atoms with Gasteiger partial charge in [0.2, 0.25) is 0 Å². The fourth-order valence-corrected chi connectivity index (χ4v) is 2.76. The van der Waals surface area contributed by atoms with Crippen LogP contribution in [-0.2, 0) is 19.3 Å². The van der Waals surface area contributed by atoms with E-state index in [9.17, 15) is 0 Å². The van der Waals surface area contributed by atoms with Gasteiger partial charge >= 0.3 is 0 Å². The van der Waals surface area contributed by atoms with Gasteiger partial charge in [0, 0.05) is 11.8 Å². The van der Waals surface area contributed by atoms with Crippen LogP contribution in [0.3, 0.4) is 0 Å². The summed E-state index contributed by atoms with van der Waals surface area (Å²) in [6.45, 7) is 4.39. The minimum atomic E-state index is 0.972. The monoisotopic (exact) mass is 273 g/mol. The maximum atomic E-state index is 5.83. The Morgan fingerprint density at radius 3 is 2.21 bits per heavy atom. The van der Waals surface area contributed by atoms with E-state index in [1.807, 2.05) is 0 Å². The lowest BCUT2D eigenvalue weighted by Gasteiger charge is -2.17. The molecular formula is C17H20ClN. The van der Waals surface area contributed by atoms with Crippen molar-refractivity contribution in [3.63, 3.8) is 0 Å². The number of hydrogen-bond acceptors (Lipinski definition) is 1. The molecule has 0 bridgehead atoms. The van der Waals surface area contributed by atoms with Crippen molar-refractivity contribution < 1.29 is 0 Å². The SMILES string of the molecule is CCc1ccc(NCl)c(CC)c1Cc1ccccc1. The molecule has 1 N–H and O–H groups in total. The molecule has 1 nitrogen and oxygen atoms in total. The summed E-state index contributed by atoms with van der Waals surface area (Å²) in [5, 5.41) is 0. The third-order valence-corrected chi connectivity index (χ3v) is 3.79. The largest absolute Gasteiger partial charge is 0.298 e. The number of hydrogen-bond donors (Lipinski definition) is 1. The first-order chi connectivity index (χ1) is 9.30. The van der Waals surface area contributed by atoms with Gasteiger partial charge in [-0.3, -0.25) is 4.84 Å². The van der Waals surface area contributed by atoms with Gasteiger partial charge < -0.3 is 0 Å². The molecule has 0 aliphatic carbocycles. The summed E-state index contributed by atoms with van der Waals surface area (Å²) in [6.07, 6.45) is 3.02. The summed E-state index contributed by atoms with van der Waals surface area (Å²) < 4.78 is 0. The second-order valence-electron chi connectivity index (χ2n) is 4.69. The molecule has 0 unspecified atom stereocenters. The fourth-order valence-electron chi connectivity index (χ4n) is 2.59. The van der Waals surface area contributed by atoms with Gasteiger partial charge in [0.25, 0.3) is 0 Å². The minimum Gasteiger partial charge on any atom is -0.298 e. The standard InChI is InChI=1S/C17H20ClN/c1-3-14-10-11-17(19-18)15(4-2)16(14)12-13-8-6-5-7-9-13/h5-11,19H,3-4,12H2,1-2H3. The zero-order valence-corrected chi connectivity index (χ0v) is 12.3. The Morgan fingerprint density at radius 2 is 1.63 bits per heavy atom. The van der Waals surface area contributed by atoms with E-state index in [0.717, 1.165) is 24.9 Å². The van der Waals surface area contributed by atoms with Crippen LogP contribution in [0.4, 0.5) is 5.69 Å². The maximum absolute atomic E-state index is 5.83. The molecule has 100 valence electrons. The van der Waals surface area contributed by atoms with E-state index in [4.69, 9.17) is 11.8 Å². The molecule has 2 aromatic rings. The summed E-state index contributed by atoms with van der Waals surface area (Å²) >= 11 is 5.83. The second-order valence-corrected chi connectivity index (χ2v) is 4.88. The molecule has 0 spiro atoms. The Labute approximate surface area is 120 Å². The Bertz CT molecular complexity index is 534. The van der Waals surface area contributed by atoms with Crippen LogP contribution in [0.5, 0.6) is 0 Å². The number of nitrogens with one attached hydrogen (secondary N) is 1. The summed E-state index contributed by atoms with van der Waals surface area (Å²) in [7, 11) is 0. The van der Waals surface area contributed by atoms with Crippen molar-refractivity contribution in [2.45, 2.75) is 33.1 Å². The molecule has 0 aliphatic rings. The van der Waals surface area contributed by atoms with Gasteiger partial charge in [0.05, 0.1) is 5.69 Å². The van der Waals surface area contributed by atoms with E-state index >= 15 is 0 Å². The van der Waals surface area contributed by atoms with E-state index in [1.54, 1.807) is 0 Å². The lowest BCUT2D eigenvalue weighted by molar-refractivity contribution is 1.00. The predicted octanol–water partition coefficient (Wildman–Crippen LogP) is 4.97. The number of rotatable bonds is 5. The third kappa shape index (κ3) is 3.10. The van der Waals surface area contributed by atoms with E-state index < -0.39 is 0 Å². The summed E-state index contributed by atoms with van der Waals surface area (Å²) in [5.41, 5.74) is 6.54. The number of aryl methyl sites for hydroxylation is 1. The molecule has 0 fully saturated rings. The van der Waals surface area contributed by atoms with Crippen molar-refractivity contribution in [2.24, 2.45) is 0 Å². The molecular weight excluding hydrogens is 254 g/mol. The van der Waals surface area contributed by atoms with E-state index in [2.05, 4.69) is 61.1 Å². The highest BCUT2D eigenvalue weighted by molar-refractivity contribution is 6.24. The normalized spacial score (nSPS) is 10.5. The lowest BCUT2D eigenvalue weighted by atomic mass is 9.91. The fraction of sp³-hybridized carbons (Fsp3) is 0.294. The Kier molecular flexibility index (Phi) is 4.86. The molecule has 0 radical (unpaired) electrons. The van der Waals surface area contributed by atoms with Gasteiger partial charge in [-0.05, 0) is 47.6 Å². The number of anilines is 1. The highest BCUT2D eigenvalue weighted by atomic mass is 35.5. The molecule has 2 aromatic carbocycles. The Morgan fingerprint density at radius 1 is 0.895 bits per heavy atom. The van der Waals surface area contributed by atoms with Gasteiger partial charge in [0.15, 0.2) is 0 Å². The maximum Gasteiger partial charge on any atom is 0.0526 e. The van der Waals surface area contributed by atoms with Crippen molar-refractivity contribution in [1.82, 2.24) is 0 Å². The second kappa shape index (κ2) is 6.63. The molecule has 0 aromatic heterocycles. The predicted molar refractivity (Wildman–Crippen MR) is 83.9 cm³/mol. The first-order valence-corrected chi connectivity index (χ1v) is 7.22. The van der Waals surface area contributed by atoms with Gasteiger partial charge in [0.1, 0.15) is 0 Å². The summed E-state index contributed by atoms with van der Waals surface area (Å²) in [6, 6.07) is 14.9. The molecule has 0 heterocycles. The lowest BCUT2D eigenvalue weighted by Crippen LogP contribution is -2.03. The van der Waals surface area contributed by atoms with E-state index in [-0.39, 0.29) is 0 Å². The zero-order chi connectivity index (χ0) is 13.7. The molecule has 2 heteroatoms. The average molecular weight is 274 g/mol. The van der Waals surface area contributed by atoms with Crippen molar-refractivity contribution in [2.75, 3.05) is 4.84 Å². The third-order valence-electron chi connectivity index (χ3n) is 3.59. The Balaban J connectivity index is 2.46. The highest BCUT2D eigenvalue weighted by Gasteiger charge is 2.11. The van der Waals surface area contributed by atoms with Crippen molar-refractivity contribution in [3.8, 4) is 0 Å². The van der Waals surface area contributed by atoms with Crippen LogP contribution >= 0.6 is 11.8 Å². The molecule has 19 heavy (non-hydrogen) atoms. The van der Waals surface area contributed by atoms with Crippen LogP contribution in [0.2, 0.25) is 0 Å². The van der Waals surface area contributed by atoms with Crippen molar-refractivity contribution in [3.05, 3.63) is 64.7 Å². The molecule has 0 atom stereocenters. The first-order valence-electron chi connectivity index (χ1n) is 6.84. The zero-order valence-electron chi connectivity index (χ0n) is 11.5. The number of benzene rings is 2. The van der Waals surface area contributed by atoms with Gasteiger partial charge in [-0.1, -0.05) is 50.2 Å². The summed E-state index contributed by atoms with van der Waals surface area (Å²) in [4.78, 5) is 2.80. The van der Waals surface area contributed by atoms with Crippen LogP contribution < -0.4 is 4.84 Å². The molecule has 0 aliphatic heterocycles. The van der Waals surface area contributed by atoms with Crippen LogP contribution in [-0.4, -0.2) is 0 Å². The quantitative estimate of drug-likeness (QED) is 0.759. The van der Waals surface area contributed by atoms with Gasteiger partial charge in [-0.15, -0.1) is 0 Å². The van der Waals surface area contributed by atoms with Crippen LogP contribution in [0.25, 0.3) is 0 Å². The Hall–Kier alpha value is -1.47. The molecule has 2 rings (SSSR count). The van der Waals surface area contributed by atoms with Crippen molar-refractivity contribution >= 4 is 17.5 Å². The summed E-state index contributed by atoms with van der Waals surface area (Å²) in [5.74, 6) is 0.